The monoisotopic (exact) mass is 282 g/mol. The number of methoxy groups -OCH3 is 1. The highest BCUT2D eigenvalue weighted by atomic mass is 19.3. The van der Waals surface area contributed by atoms with Gasteiger partial charge < -0.3 is 10.5 Å². The highest BCUT2D eigenvalue weighted by Gasteiger charge is 2.14. The first-order chi connectivity index (χ1) is 9.51. The van der Waals surface area contributed by atoms with E-state index in [4.69, 9.17) is 5.73 Å². The summed E-state index contributed by atoms with van der Waals surface area (Å²) in [5, 5.41) is 3.98. The summed E-state index contributed by atoms with van der Waals surface area (Å²) in [6, 6.07) is 3.06. The van der Waals surface area contributed by atoms with Crippen molar-refractivity contribution in [3.8, 4) is 11.3 Å². The lowest BCUT2D eigenvalue weighted by Gasteiger charge is -2.04. The van der Waals surface area contributed by atoms with Crippen LogP contribution in [0, 0.1) is 0 Å². The van der Waals surface area contributed by atoms with Crippen molar-refractivity contribution >= 4 is 11.7 Å². The molecule has 6 nitrogen and oxygen atoms in total. The number of rotatable bonds is 4. The number of nitrogen functional groups attached to an aromatic ring is 1. The summed E-state index contributed by atoms with van der Waals surface area (Å²) in [7, 11) is 1.23. The Labute approximate surface area is 113 Å². The van der Waals surface area contributed by atoms with Gasteiger partial charge in [0, 0.05) is 18.0 Å². The van der Waals surface area contributed by atoms with Gasteiger partial charge >= 0.3 is 5.97 Å². The van der Waals surface area contributed by atoms with Crippen LogP contribution in [-0.4, -0.2) is 34.3 Å². The number of aromatic nitrogens is 3. The maximum Gasteiger partial charge on any atom is 0.358 e. The van der Waals surface area contributed by atoms with E-state index in [-0.39, 0.29) is 11.4 Å². The minimum Gasteiger partial charge on any atom is -0.464 e. The van der Waals surface area contributed by atoms with E-state index in [1.165, 1.54) is 25.6 Å². The SMILES string of the molecule is COC(=O)c1ncc(-c2ccn(CC(F)F)n2)cc1N. The number of hydrogen-bond donors (Lipinski definition) is 1. The van der Waals surface area contributed by atoms with Gasteiger partial charge in [0.2, 0.25) is 0 Å². The van der Waals surface area contributed by atoms with Crippen molar-refractivity contribution in [3.05, 3.63) is 30.2 Å². The number of pyridine rings is 1. The summed E-state index contributed by atoms with van der Waals surface area (Å²) in [6.07, 6.45) is 0.344. The first kappa shape index (κ1) is 13.9. The molecule has 0 atom stereocenters. The molecule has 2 rings (SSSR count). The molecule has 2 heterocycles. The number of hydrogen-bond acceptors (Lipinski definition) is 5. The predicted molar refractivity (Wildman–Crippen MR) is 67.2 cm³/mol. The Kier molecular flexibility index (Phi) is 3.92. The summed E-state index contributed by atoms with van der Waals surface area (Å²) in [5.74, 6) is -0.641. The average Bonchev–Trinajstić information content (AvgIpc) is 2.85. The molecule has 106 valence electrons. The Morgan fingerprint density at radius 2 is 2.30 bits per heavy atom. The van der Waals surface area contributed by atoms with Gasteiger partial charge in [0.05, 0.1) is 18.5 Å². The lowest BCUT2D eigenvalue weighted by Crippen LogP contribution is -2.09. The van der Waals surface area contributed by atoms with Gasteiger partial charge in [0.25, 0.3) is 6.43 Å². The molecule has 0 saturated heterocycles. The number of ether oxygens (including phenoxy) is 1. The van der Waals surface area contributed by atoms with E-state index in [1.54, 1.807) is 6.07 Å². The first-order valence-electron chi connectivity index (χ1n) is 5.67. The third-order valence-electron chi connectivity index (χ3n) is 2.56. The fraction of sp³-hybridized carbons (Fsp3) is 0.250. The smallest absolute Gasteiger partial charge is 0.358 e. The number of nitrogens with zero attached hydrogens (tertiary/aromatic N) is 3. The van der Waals surface area contributed by atoms with E-state index < -0.39 is 18.9 Å². The molecule has 2 N–H and O–H groups in total. The lowest BCUT2D eigenvalue weighted by atomic mass is 10.2. The molecule has 0 bridgehead atoms. The number of halogens is 2. The van der Waals surface area contributed by atoms with Crippen LogP contribution in [0.5, 0.6) is 0 Å². The molecule has 0 unspecified atom stereocenters. The van der Waals surface area contributed by atoms with E-state index in [1.807, 2.05) is 0 Å². The summed E-state index contributed by atoms with van der Waals surface area (Å²) in [4.78, 5) is 15.2. The van der Waals surface area contributed by atoms with E-state index >= 15 is 0 Å². The minimum atomic E-state index is -2.48. The molecule has 0 radical (unpaired) electrons. The van der Waals surface area contributed by atoms with Crippen molar-refractivity contribution in [1.29, 1.82) is 0 Å². The Morgan fingerprint density at radius 3 is 2.90 bits per heavy atom. The van der Waals surface area contributed by atoms with E-state index in [2.05, 4.69) is 14.8 Å². The van der Waals surface area contributed by atoms with Gasteiger partial charge in [-0.05, 0) is 12.1 Å². The number of anilines is 1. The Hall–Kier alpha value is -2.51. The van der Waals surface area contributed by atoms with Crippen LogP contribution in [0.4, 0.5) is 14.5 Å². The topological polar surface area (TPSA) is 83.0 Å². The van der Waals surface area contributed by atoms with Crippen molar-refractivity contribution in [2.24, 2.45) is 0 Å². The maximum absolute atomic E-state index is 12.2. The van der Waals surface area contributed by atoms with E-state index in [0.717, 1.165) is 4.68 Å². The van der Waals surface area contributed by atoms with Crippen molar-refractivity contribution in [1.82, 2.24) is 14.8 Å². The van der Waals surface area contributed by atoms with Crippen molar-refractivity contribution in [2.45, 2.75) is 13.0 Å². The van der Waals surface area contributed by atoms with Gasteiger partial charge in [-0.2, -0.15) is 5.10 Å². The fourth-order valence-electron chi connectivity index (χ4n) is 1.65. The molecule has 0 aliphatic rings. The van der Waals surface area contributed by atoms with Crippen LogP contribution in [-0.2, 0) is 11.3 Å². The molecule has 0 fully saturated rings. The highest BCUT2D eigenvalue weighted by molar-refractivity contribution is 5.93. The number of nitrogens with two attached hydrogens (primary N) is 1. The van der Waals surface area contributed by atoms with E-state index in [9.17, 15) is 13.6 Å². The van der Waals surface area contributed by atoms with Gasteiger partial charge in [0.15, 0.2) is 5.69 Å². The van der Waals surface area contributed by atoms with Gasteiger partial charge in [0.1, 0.15) is 6.54 Å². The standard InChI is InChI=1S/C12H12F2N4O2/c1-20-12(19)11-8(15)4-7(5-16-11)9-2-3-18(17-9)6-10(13)14/h2-5,10H,6,15H2,1H3. The number of esters is 1. The molecule has 0 aliphatic heterocycles. The van der Waals surface area contributed by atoms with Gasteiger partial charge in [-0.1, -0.05) is 0 Å². The molecule has 20 heavy (non-hydrogen) atoms. The highest BCUT2D eigenvalue weighted by Crippen LogP contribution is 2.21. The molecular weight excluding hydrogens is 270 g/mol. The lowest BCUT2D eigenvalue weighted by molar-refractivity contribution is 0.0595. The summed E-state index contributed by atoms with van der Waals surface area (Å²) in [5.41, 5.74) is 6.82. The summed E-state index contributed by atoms with van der Waals surface area (Å²) < 4.78 is 30.1. The molecule has 0 aliphatic carbocycles. The molecule has 0 spiro atoms. The van der Waals surface area contributed by atoms with Gasteiger partial charge in [-0.3, -0.25) is 4.68 Å². The van der Waals surface area contributed by atoms with Crippen LogP contribution in [0.2, 0.25) is 0 Å². The second-order valence-electron chi connectivity index (χ2n) is 3.97. The second kappa shape index (κ2) is 5.64. The molecule has 0 amide bonds. The fourth-order valence-corrected chi connectivity index (χ4v) is 1.65. The molecule has 0 aromatic carbocycles. The molecule has 0 saturated carbocycles. The molecule has 2 aromatic rings. The third-order valence-corrected chi connectivity index (χ3v) is 2.56. The molecule has 2 aromatic heterocycles. The Bertz CT molecular complexity index is 628. The van der Waals surface area contributed by atoms with Crippen LogP contribution in [0.15, 0.2) is 24.5 Å². The number of alkyl halides is 2. The molecule has 8 heteroatoms. The quantitative estimate of drug-likeness (QED) is 0.861. The average molecular weight is 282 g/mol. The van der Waals surface area contributed by atoms with Crippen LogP contribution < -0.4 is 5.73 Å². The van der Waals surface area contributed by atoms with Gasteiger partial charge in [-0.15, -0.1) is 0 Å². The normalized spacial score (nSPS) is 10.8. The van der Waals surface area contributed by atoms with Crippen LogP contribution in [0.3, 0.4) is 0 Å². The van der Waals surface area contributed by atoms with Crippen molar-refractivity contribution in [3.63, 3.8) is 0 Å². The van der Waals surface area contributed by atoms with Crippen LogP contribution in [0.1, 0.15) is 10.5 Å². The maximum atomic E-state index is 12.2. The summed E-state index contributed by atoms with van der Waals surface area (Å²) >= 11 is 0. The predicted octanol–water partition coefficient (Wildman–Crippen LogP) is 1.58. The first-order valence-corrected chi connectivity index (χ1v) is 5.67. The van der Waals surface area contributed by atoms with Crippen LogP contribution in [0.25, 0.3) is 11.3 Å². The number of carbonyl (C=O) groups excluding carboxylic acids is 1. The van der Waals surface area contributed by atoms with Gasteiger partial charge in [-0.25, -0.2) is 18.6 Å². The zero-order valence-electron chi connectivity index (χ0n) is 10.6. The van der Waals surface area contributed by atoms with Crippen molar-refractivity contribution < 1.29 is 18.3 Å². The third kappa shape index (κ3) is 2.90. The zero-order chi connectivity index (χ0) is 14.7. The minimum absolute atomic E-state index is 0.00302. The second-order valence-corrected chi connectivity index (χ2v) is 3.97. The number of carbonyl (C=O) groups is 1. The van der Waals surface area contributed by atoms with Crippen LogP contribution >= 0.6 is 0 Å². The Balaban J connectivity index is 2.27. The largest absolute Gasteiger partial charge is 0.464 e. The molecular formula is C12H12F2N4O2. The zero-order valence-corrected chi connectivity index (χ0v) is 10.6. The summed E-state index contributed by atoms with van der Waals surface area (Å²) in [6.45, 7) is -0.483. The van der Waals surface area contributed by atoms with Crippen molar-refractivity contribution in [2.75, 3.05) is 12.8 Å². The van der Waals surface area contributed by atoms with E-state index in [0.29, 0.717) is 11.3 Å². The Morgan fingerprint density at radius 1 is 1.55 bits per heavy atom.